The molecule has 2 rings (SSSR count). The Morgan fingerprint density at radius 1 is 1.33 bits per heavy atom. The maximum atomic E-state index is 11.6. The van der Waals surface area contributed by atoms with Crippen molar-refractivity contribution in [2.45, 2.75) is 19.0 Å². The fourth-order valence-electron chi connectivity index (χ4n) is 1.62. The largest absolute Gasteiger partial charge is 0.365 e. The number of nitrogens with zero attached hydrogens (tertiary/aromatic N) is 1. The molecule has 2 N–H and O–H groups in total. The lowest BCUT2D eigenvalue weighted by Gasteiger charge is -2.27. The molecule has 1 amide bonds. The monoisotopic (exact) mass is 201 g/mol. The summed E-state index contributed by atoms with van der Waals surface area (Å²) in [5.41, 5.74) is 1.50. The van der Waals surface area contributed by atoms with Crippen LogP contribution in [0.4, 0.5) is 5.69 Å². The second-order valence-electron chi connectivity index (χ2n) is 3.41. The van der Waals surface area contributed by atoms with Crippen LogP contribution in [0.1, 0.15) is 23.2 Å². The average molecular weight is 201 g/mol. The predicted octanol–water partition coefficient (Wildman–Crippen LogP) is 1.47. The zero-order valence-electron chi connectivity index (χ0n) is 8.16. The summed E-state index contributed by atoms with van der Waals surface area (Å²) in [4.78, 5) is 11.6. The molecule has 1 heterocycles. The molecule has 1 unspecified atom stereocenters. The van der Waals surface area contributed by atoms with Crippen molar-refractivity contribution in [3.8, 4) is 6.07 Å². The Kier molecular flexibility index (Phi) is 2.55. The minimum atomic E-state index is -0.132. The van der Waals surface area contributed by atoms with Gasteiger partial charge < -0.3 is 10.6 Å². The minimum absolute atomic E-state index is 0.0766. The Balaban J connectivity index is 2.16. The number of anilines is 1. The fraction of sp³-hybridized carbons (Fsp3) is 0.273. The number of amides is 1. The summed E-state index contributed by atoms with van der Waals surface area (Å²) in [5, 5.41) is 14.5. The molecular formula is C11H11N3O. The lowest BCUT2D eigenvalue weighted by molar-refractivity contribution is 0.0934. The van der Waals surface area contributed by atoms with Crippen molar-refractivity contribution >= 4 is 11.6 Å². The minimum Gasteiger partial charge on any atom is -0.365 e. The molecule has 1 aromatic rings. The molecule has 76 valence electrons. The summed E-state index contributed by atoms with van der Waals surface area (Å²) >= 11 is 0. The van der Waals surface area contributed by atoms with E-state index in [9.17, 15) is 4.79 Å². The Morgan fingerprint density at radius 3 is 2.93 bits per heavy atom. The Hall–Kier alpha value is -2.02. The van der Waals surface area contributed by atoms with E-state index in [-0.39, 0.29) is 12.1 Å². The molecule has 0 saturated heterocycles. The molecule has 0 aromatic heterocycles. The maximum absolute atomic E-state index is 11.6. The number of para-hydroxylation sites is 1. The molecule has 1 aromatic carbocycles. The molecule has 0 aliphatic carbocycles. The van der Waals surface area contributed by atoms with Crippen LogP contribution < -0.4 is 10.6 Å². The first-order chi connectivity index (χ1) is 7.31. The van der Waals surface area contributed by atoms with E-state index in [1.807, 2.05) is 18.2 Å². The lowest BCUT2D eigenvalue weighted by Crippen LogP contribution is -2.44. The van der Waals surface area contributed by atoms with Crippen LogP contribution in [0.25, 0.3) is 0 Å². The highest BCUT2D eigenvalue weighted by Gasteiger charge is 2.21. The van der Waals surface area contributed by atoms with E-state index in [0.29, 0.717) is 18.4 Å². The second-order valence-corrected chi connectivity index (χ2v) is 3.41. The van der Waals surface area contributed by atoms with E-state index in [1.54, 1.807) is 6.07 Å². The summed E-state index contributed by atoms with van der Waals surface area (Å²) in [6, 6.07) is 9.42. The number of nitrogens with one attached hydrogen (secondary N) is 2. The van der Waals surface area contributed by atoms with Gasteiger partial charge in [0.1, 0.15) is 6.17 Å². The molecular weight excluding hydrogens is 190 g/mol. The molecule has 0 bridgehead atoms. The van der Waals surface area contributed by atoms with Gasteiger partial charge in [0, 0.05) is 12.1 Å². The van der Waals surface area contributed by atoms with Crippen molar-refractivity contribution in [1.29, 1.82) is 5.26 Å². The van der Waals surface area contributed by atoms with Gasteiger partial charge in [0.25, 0.3) is 5.91 Å². The zero-order valence-corrected chi connectivity index (χ0v) is 8.16. The van der Waals surface area contributed by atoms with Crippen LogP contribution in [0, 0.1) is 11.3 Å². The molecule has 0 fully saturated rings. The molecule has 0 spiro atoms. The van der Waals surface area contributed by atoms with Crippen LogP contribution >= 0.6 is 0 Å². The van der Waals surface area contributed by atoms with Gasteiger partial charge >= 0.3 is 0 Å². The van der Waals surface area contributed by atoms with Crippen molar-refractivity contribution in [2.75, 3.05) is 5.32 Å². The molecule has 1 aliphatic heterocycles. The third-order valence-corrected chi connectivity index (χ3v) is 2.35. The number of fused-ring (bicyclic) bond motifs is 1. The number of carbonyl (C=O) groups is 1. The van der Waals surface area contributed by atoms with Gasteiger partial charge in [-0.05, 0) is 18.6 Å². The van der Waals surface area contributed by atoms with Gasteiger partial charge in [-0.2, -0.15) is 5.26 Å². The zero-order chi connectivity index (χ0) is 10.7. The summed E-state index contributed by atoms with van der Waals surface area (Å²) in [5.74, 6) is -0.0766. The van der Waals surface area contributed by atoms with Gasteiger partial charge in [0.15, 0.2) is 0 Å². The standard InChI is InChI=1S/C11H11N3O/c12-7-3-6-10-13-9-5-2-1-4-8(9)11(15)14-10/h1-2,4-5,10,13H,3,6H2,(H,14,15). The van der Waals surface area contributed by atoms with Crippen LogP contribution in [-0.2, 0) is 0 Å². The molecule has 1 atom stereocenters. The van der Waals surface area contributed by atoms with Crippen molar-refractivity contribution in [2.24, 2.45) is 0 Å². The highest BCUT2D eigenvalue weighted by atomic mass is 16.2. The van der Waals surface area contributed by atoms with Crippen LogP contribution in [0.15, 0.2) is 24.3 Å². The topological polar surface area (TPSA) is 64.9 Å². The van der Waals surface area contributed by atoms with E-state index in [1.165, 1.54) is 0 Å². The van der Waals surface area contributed by atoms with Crippen molar-refractivity contribution in [3.05, 3.63) is 29.8 Å². The number of nitriles is 1. The predicted molar refractivity (Wildman–Crippen MR) is 56.2 cm³/mol. The molecule has 4 nitrogen and oxygen atoms in total. The maximum Gasteiger partial charge on any atom is 0.254 e. The van der Waals surface area contributed by atoms with E-state index in [4.69, 9.17) is 5.26 Å². The van der Waals surface area contributed by atoms with E-state index in [0.717, 1.165) is 5.69 Å². The van der Waals surface area contributed by atoms with Gasteiger partial charge in [-0.15, -0.1) is 0 Å². The third-order valence-electron chi connectivity index (χ3n) is 2.35. The summed E-state index contributed by atoms with van der Waals surface area (Å²) < 4.78 is 0. The highest BCUT2D eigenvalue weighted by Crippen LogP contribution is 2.20. The van der Waals surface area contributed by atoms with Crippen LogP contribution in [0.3, 0.4) is 0 Å². The van der Waals surface area contributed by atoms with Gasteiger partial charge in [0.2, 0.25) is 0 Å². The SMILES string of the molecule is N#CCCC1NC(=O)c2ccccc2N1. The number of benzene rings is 1. The average Bonchev–Trinajstić information content (AvgIpc) is 2.26. The number of hydrogen-bond acceptors (Lipinski definition) is 3. The first-order valence-electron chi connectivity index (χ1n) is 4.84. The number of carbonyl (C=O) groups excluding carboxylic acids is 1. The molecule has 0 saturated carbocycles. The van der Waals surface area contributed by atoms with Crippen molar-refractivity contribution < 1.29 is 4.79 Å². The van der Waals surface area contributed by atoms with Crippen LogP contribution in [-0.4, -0.2) is 12.1 Å². The summed E-state index contributed by atoms with van der Waals surface area (Å²) in [7, 11) is 0. The van der Waals surface area contributed by atoms with Crippen LogP contribution in [0.2, 0.25) is 0 Å². The molecule has 4 heteroatoms. The Morgan fingerprint density at radius 2 is 2.13 bits per heavy atom. The van der Waals surface area contributed by atoms with E-state index in [2.05, 4.69) is 16.7 Å². The van der Waals surface area contributed by atoms with Gasteiger partial charge in [-0.25, -0.2) is 0 Å². The van der Waals surface area contributed by atoms with E-state index < -0.39 is 0 Å². The first-order valence-corrected chi connectivity index (χ1v) is 4.84. The van der Waals surface area contributed by atoms with Gasteiger partial charge in [-0.3, -0.25) is 4.79 Å². The smallest absolute Gasteiger partial charge is 0.254 e. The number of hydrogen-bond donors (Lipinski definition) is 2. The highest BCUT2D eigenvalue weighted by molar-refractivity contribution is 6.01. The van der Waals surface area contributed by atoms with E-state index >= 15 is 0 Å². The fourth-order valence-corrected chi connectivity index (χ4v) is 1.62. The lowest BCUT2D eigenvalue weighted by atomic mass is 10.1. The Labute approximate surface area is 87.9 Å². The number of rotatable bonds is 2. The molecule has 0 radical (unpaired) electrons. The third kappa shape index (κ3) is 1.91. The van der Waals surface area contributed by atoms with Crippen LogP contribution in [0.5, 0.6) is 0 Å². The summed E-state index contributed by atoms with van der Waals surface area (Å²) in [6.07, 6.45) is 0.920. The van der Waals surface area contributed by atoms with Crippen molar-refractivity contribution in [3.63, 3.8) is 0 Å². The second kappa shape index (κ2) is 4.01. The van der Waals surface area contributed by atoms with Crippen molar-refractivity contribution in [1.82, 2.24) is 5.32 Å². The first kappa shape index (κ1) is 9.53. The summed E-state index contributed by atoms with van der Waals surface area (Å²) in [6.45, 7) is 0. The Bertz CT molecular complexity index is 422. The normalized spacial score (nSPS) is 18.3. The molecule has 15 heavy (non-hydrogen) atoms. The molecule has 1 aliphatic rings. The van der Waals surface area contributed by atoms with Gasteiger partial charge in [-0.1, -0.05) is 12.1 Å². The van der Waals surface area contributed by atoms with Gasteiger partial charge in [0.05, 0.1) is 11.6 Å². The quantitative estimate of drug-likeness (QED) is 0.761.